The van der Waals surface area contributed by atoms with Gasteiger partial charge >= 0.3 is 0 Å². The van der Waals surface area contributed by atoms with Crippen molar-refractivity contribution in [2.45, 2.75) is 58.2 Å². The molecule has 0 radical (unpaired) electrons. The highest BCUT2D eigenvalue weighted by molar-refractivity contribution is 5.76. The van der Waals surface area contributed by atoms with Gasteiger partial charge in [0.25, 0.3) is 0 Å². The number of hydrogen-bond acceptors (Lipinski definition) is 6. The van der Waals surface area contributed by atoms with Crippen LogP contribution in [0, 0.1) is 12.8 Å². The molecule has 168 valence electrons. The number of carbonyl (C=O) groups excluding carboxylic acids is 1. The van der Waals surface area contributed by atoms with Crippen LogP contribution in [0.2, 0.25) is 0 Å². The summed E-state index contributed by atoms with van der Waals surface area (Å²) in [5, 5.41) is 11.2. The molecule has 8 nitrogen and oxygen atoms in total. The van der Waals surface area contributed by atoms with Crippen molar-refractivity contribution in [1.29, 1.82) is 0 Å². The number of hydrogen-bond donors (Lipinski definition) is 0. The fourth-order valence-corrected chi connectivity index (χ4v) is 4.63. The van der Waals surface area contributed by atoms with Crippen LogP contribution in [0.1, 0.15) is 43.2 Å². The first-order chi connectivity index (χ1) is 15.2. The minimum Gasteiger partial charge on any atom is -0.376 e. The van der Waals surface area contributed by atoms with Gasteiger partial charge in [-0.15, -0.1) is 5.10 Å². The van der Waals surface area contributed by atoms with E-state index in [1.807, 2.05) is 4.90 Å². The summed E-state index contributed by atoms with van der Waals surface area (Å²) in [5.74, 6) is 0.722. The average molecular weight is 427 g/mol. The first-order valence-corrected chi connectivity index (χ1v) is 11.5. The number of benzene rings is 1. The van der Waals surface area contributed by atoms with Crippen molar-refractivity contribution in [2.24, 2.45) is 5.92 Å². The number of rotatable bonds is 9. The zero-order valence-corrected chi connectivity index (χ0v) is 18.5. The van der Waals surface area contributed by atoms with Crippen molar-refractivity contribution in [3.05, 3.63) is 41.7 Å². The summed E-state index contributed by atoms with van der Waals surface area (Å²) < 4.78 is 7.45. The van der Waals surface area contributed by atoms with Crippen LogP contribution in [-0.2, 0) is 22.6 Å². The third-order valence-electron chi connectivity index (χ3n) is 6.59. The van der Waals surface area contributed by atoms with Gasteiger partial charge in [-0.05, 0) is 73.2 Å². The van der Waals surface area contributed by atoms with E-state index < -0.39 is 0 Å². The van der Waals surface area contributed by atoms with Gasteiger partial charge in [-0.3, -0.25) is 9.69 Å². The fraction of sp³-hybridized carbons (Fsp3) is 0.652. The fourth-order valence-electron chi connectivity index (χ4n) is 4.63. The standard InChI is InChI=1S/C23H34N6O2/c1-19-5-2-3-6-21(19)16-27-11-8-20(9-12-27)15-28(17-22-7-4-14-31-22)23(30)10-13-29-18-24-25-26-29/h2-3,5-6,18,20,22H,4,7-17H2,1H3. The van der Waals surface area contributed by atoms with Crippen LogP contribution in [0.3, 0.4) is 0 Å². The normalized spacial score (nSPS) is 20.2. The predicted octanol–water partition coefficient (Wildman–Crippen LogP) is 2.29. The van der Waals surface area contributed by atoms with Gasteiger partial charge in [-0.1, -0.05) is 24.3 Å². The Morgan fingerprint density at radius 2 is 2.03 bits per heavy atom. The summed E-state index contributed by atoms with van der Waals surface area (Å²) in [4.78, 5) is 17.6. The van der Waals surface area contributed by atoms with Gasteiger partial charge in [0, 0.05) is 32.7 Å². The van der Waals surface area contributed by atoms with Gasteiger partial charge in [0.2, 0.25) is 5.91 Å². The molecule has 0 N–H and O–H groups in total. The number of tetrazole rings is 1. The van der Waals surface area contributed by atoms with Crippen molar-refractivity contribution in [2.75, 3.05) is 32.8 Å². The Balaban J connectivity index is 1.29. The van der Waals surface area contributed by atoms with Gasteiger partial charge in [-0.2, -0.15) is 0 Å². The van der Waals surface area contributed by atoms with Gasteiger partial charge in [0.1, 0.15) is 6.33 Å². The molecule has 2 fully saturated rings. The van der Waals surface area contributed by atoms with Crippen molar-refractivity contribution in [3.8, 4) is 0 Å². The van der Waals surface area contributed by atoms with Gasteiger partial charge < -0.3 is 9.64 Å². The van der Waals surface area contributed by atoms with Crippen LogP contribution in [0.5, 0.6) is 0 Å². The second kappa shape index (κ2) is 10.8. The molecule has 3 heterocycles. The van der Waals surface area contributed by atoms with E-state index in [1.54, 1.807) is 11.0 Å². The molecule has 2 saturated heterocycles. The molecule has 0 saturated carbocycles. The third-order valence-corrected chi connectivity index (χ3v) is 6.59. The Bertz CT molecular complexity index is 813. The van der Waals surface area contributed by atoms with Crippen molar-refractivity contribution in [3.63, 3.8) is 0 Å². The molecule has 2 aliphatic rings. The lowest BCUT2D eigenvalue weighted by molar-refractivity contribution is -0.134. The molecule has 1 aromatic heterocycles. The van der Waals surface area contributed by atoms with E-state index in [0.29, 0.717) is 25.4 Å². The SMILES string of the molecule is Cc1ccccc1CN1CCC(CN(CC2CCCO2)C(=O)CCn2cnnn2)CC1. The molecule has 2 aromatic rings. The maximum absolute atomic E-state index is 13.0. The second-order valence-electron chi connectivity index (χ2n) is 8.90. The number of nitrogens with zero attached hydrogens (tertiary/aromatic N) is 6. The first-order valence-electron chi connectivity index (χ1n) is 11.5. The lowest BCUT2D eigenvalue weighted by atomic mass is 9.95. The molecule has 2 aliphatic heterocycles. The lowest BCUT2D eigenvalue weighted by Crippen LogP contribution is -2.43. The minimum absolute atomic E-state index is 0.174. The molecule has 4 rings (SSSR count). The second-order valence-corrected chi connectivity index (χ2v) is 8.90. The Kier molecular flexibility index (Phi) is 7.64. The minimum atomic E-state index is 0.174. The summed E-state index contributed by atoms with van der Waals surface area (Å²) in [6.07, 6.45) is 6.56. The first kappa shape index (κ1) is 21.9. The van der Waals surface area contributed by atoms with Gasteiger partial charge in [-0.25, -0.2) is 4.68 Å². The molecule has 8 heteroatoms. The molecule has 0 spiro atoms. The number of aryl methyl sites for hydroxylation is 2. The predicted molar refractivity (Wildman–Crippen MR) is 117 cm³/mol. The summed E-state index contributed by atoms with van der Waals surface area (Å²) in [6.45, 7) is 8.24. The molecular weight excluding hydrogens is 392 g/mol. The van der Waals surface area contributed by atoms with Crippen LogP contribution in [0.25, 0.3) is 0 Å². The van der Waals surface area contributed by atoms with Crippen LogP contribution in [-0.4, -0.2) is 74.8 Å². The van der Waals surface area contributed by atoms with Crippen LogP contribution < -0.4 is 0 Å². The number of piperidine rings is 1. The number of aromatic nitrogens is 4. The van der Waals surface area contributed by atoms with Crippen LogP contribution >= 0.6 is 0 Å². The quantitative estimate of drug-likeness (QED) is 0.612. The zero-order chi connectivity index (χ0) is 21.5. The third kappa shape index (κ3) is 6.33. The molecule has 31 heavy (non-hydrogen) atoms. The van der Waals surface area contributed by atoms with Crippen LogP contribution in [0.4, 0.5) is 0 Å². The summed E-state index contributed by atoms with van der Waals surface area (Å²) >= 11 is 0. The molecule has 0 bridgehead atoms. The lowest BCUT2D eigenvalue weighted by Gasteiger charge is -2.36. The van der Waals surface area contributed by atoms with Crippen molar-refractivity contribution < 1.29 is 9.53 Å². The number of ether oxygens (including phenoxy) is 1. The highest BCUT2D eigenvalue weighted by Gasteiger charge is 2.27. The zero-order valence-electron chi connectivity index (χ0n) is 18.5. The summed E-state index contributed by atoms with van der Waals surface area (Å²) in [5.41, 5.74) is 2.78. The smallest absolute Gasteiger partial charge is 0.224 e. The topological polar surface area (TPSA) is 76.4 Å². The number of carbonyl (C=O) groups is 1. The average Bonchev–Trinajstić information content (AvgIpc) is 3.49. The molecule has 0 aliphatic carbocycles. The van der Waals surface area contributed by atoms with E-state index >= 15 is 0 Å². The summed E-state index contributed by atoms with van der Waals surface area (Å²) in [6, 6.07) is 8.64. The van der Waals surface area contributed by atoms with Crippen molar-refractivity contribution >= 4 is 5.91 Å². The van der Waals surface area contributed by atoms with E-state index in [0.717, 1.165) is 58.5 Å². The molecule has 1 unspecified atom stereocenters. The maximum Gasteiger partial charge on any atom is 0.224 e. The van der Waals surface area contributed by atoms with Gasteiger partial charge in [0.15, 0.2) is 0 Å². The number of amides is 1. The van der Waals surface area contributed by atoms with Crippen molar-refractivity contribution in [1.82, 2.24) is 30.0 Å². The van der Waals surface area contributed by atoms with E-state index in [2.05, 4.69) is 51.6 Å². The highest BCUT2D eigenvalue weighted by Crippen LogP contribution is 2.23. The van der Waals surface area contributed by atoms with E-state index in [9.17, 15) is 4.79 Å². The molecular formula is C23H34N6O2. The van der Waals surface area contributed by atoms with E-state index in [4.69, 9.17) is 4.74 Å². The Labute approximate surface area is 184 Å². The maximum atomic E-state index is 13.0. The molecule has 1 amide bonds. The molecule has 1 aromatic carbocycles. The van der Waals surface area contributed by atoms with Gasteiger partial charge in [0.05, 0.1) is 12.6 Å². The van der Waals surface area contributed by atoms with E-state index in [-0.39, 0.29) is 12.0 Å². The summed E-state index contributed by atoms with van der Waals surface area (Å²) in [7, 11) is 0. The van der Waals surface area contributed by atoms with E-state index in [1.165, 1.54) is 11.1 Å². The number of likely N-dealkylation sites (tertiary alicyclic amines) is 1. The largest absolute Gasteiger partial charge is 0.376 e. The van der Waals surface area contributed by atoms with Crippen LogP contribution in [0.15, 0.2) is 30.6 Å². The highest BCUT2D eigenvalue weighted by atomic mass is 16.5. The Hall–Kier alpha value is -2.32. The monoisotopic (exact) mass is 426 g/mol. The molecule has 1 atom stereocenters. The Morgan fingerprint density at radius 3 is 2.74 bits per heavy atom. The Morgan fingerprint density at radius 1 is 1.19 bits per heavy atom.